The maximum Gasteiger partial charge on any atom is 0.392 e. The molecule has 0 N–H and O–H groups in total. The average Bonchev–Trinajstić information content (AvgIpc) is 2.91. The Kier molecular flexibility index (Phi) is 3.81. The molecule has 0 aromatic carbocycles. The van der Waals surface area contributed by atoms with Gasteiger partial charge in [-0.25, -0.2) is 0 Å². The number of hydrogen-bond donors (Lipinski definition) is 0. The number of halogens is 3. The Balaban J connectivity index is 2.51. The zero-order chi connectivity index (χ0) is 12.4. The van der Waals surface area contributed by atoms with Crippen molar-refractivity contribution in [1.82, 2.24) is 0 Å². The standard InChI is InChI=1S/C12H17F3O/c1-3-4-10(12(13,14)15)5-6-11(7-8-11)9(2)16/h3,10H,1,4-8H2,2H3. The van der Waals surface area contributed by atoms with E-state index in [-0.39, 0.29) is 18.6 Å². The minimum atomic E-state index is -4.18. The fraction of sp³-hybridized carbons (Fsp3) is 0.750. The maximum atomic E-state index is 12.6. The number of Topliss-reactive ketones (excluding diaryl/α,β-unsaturated/α-hetero) is 1. The van der Waals surface area contributed by atoms with Crippen LogP contribution in [0, 0.1) is 11.3 Å². The predicted molar refractivity (Wildman–Crippen MR) is 55.9 cm³/mol. The number of alkyl halides is 3. The Hall–Kier alpha value is -0.800. The van der Waals surface area contributed by atoms with Gasteiger partial charge in [0, 0.05) is 5.41 Å². The molecule has 1 unspecified atom stereocenters. The summed E-state index contributed by atoms with van der Waals surface area (Å²) in [5.41, 5.74) is -0.426. The topological polar surface area (TPSA) is 17.1 Å². The Bertz CT molecular complexity index is 276. The zero-order valence-electron chi connectivity index (χ0n) is 9.44. The van der Waals surface area contributed by atoms with Gasteiger partial charge >= 0.3 is 6.18 Å². The fourth-order valence-electron chi connectivity index (χ4n) is 2.00. The Morgan fingerprint density at radius 1 is 1.50 bits per heavy atom. The van der Waals surface area contributed by atoms with Gasteiger partial charge < -0.3 is 0 Å². The Morgan fingerprint density at radius 3 is 2.38 bits per heavy atom. The Labute approximate surface area is 93.7 Å². The van der Waals surface area contributed by atoms with Crippen LogP contribution in [0.2, 0.25) is 0 Å². The SMILES string of the molecule is C=CCC(CCC1(C(C)=O)CC1)C(F)(F)F. The highest BCUT2D eigenvalue weighted by atomic mass is 19.4. The van der Waals surface area contributed by atoms with E-state index in [9.17, 15) is 18.0 Å². The van der Waals surface area contributed by atoms with Gasteiger partial charge in [0.25, 0.3) is 0 Å². The maximum absolute atomic E-state index is 12.6. The van der Waals surface area contributed by atoms with Gasteiger partial charge in [-0.2, -0.15) is 13.2 Å². The van der Waals surface area contributed by atoms with E-state index in [0.717, 1.165) is 12.8 Å². The lowest BCUT2D eigenvalue weighted by molar-refractivity contribution is -0.176. The van der Waals surface area contributed by atoms with Crippen molar-refractivity contribution in [2.75, 3.05) is 0 Å². The molecule has 1 fully saturated rings. The molecule has 0 aromatic rings. The third-order valence-corrected chi connectivity index (χ3v) is 3.49. The van der Waals surface area contributed by atoms with Crippen molar-refractivity contribution >= 4 is 5.78 Å². The highest BCUT2D eigenvalue weighted by Gasteiger charge is 2.48. The lowest BCUT2D eigenvalue weighted by Crippen LogP contribution is -2.24. The molecule has 1 aliphatic carbocycles. The summed E-state index contributed by atoms with van der Waals surface area (Å²) in [5, 5.41) is 0. The van der Waals surface area contributed by atoms with E-state index in [4.69, 9.17) is 0 Å². The van der Waals surface area contributed by atoms with Gasteiger partial charge in [-0.05, 0) is 39.0 Å². The summed E-state index contributed by atoms with van der Waals surface area (Å²) in [6.45, 7) is 4.82. The molecule has 0 aliphatic heterocycles. The molecular weight excluding hydrogens is 217 g/mol. The van der Waals surface area contributed by atoms with Crippen LogP contribution in [0.4, 0.5) is 13.2 Å². The van der Waals surface area contributed by atoms with Crippen molar-refractivity contribution in [2.24, 2.45) is 11.3 Å². The first-order valence-electron chi connectivity index (χ1n) is 5.50. The van der Waals surface area contributed by atoms with Crippen molar-refractivity contribution < 1.29 is 18.0 Å². The van der Waals surface area contributed by atoms with Crippen LogP contribution in [0.15, 0.2) is 12.7 Å². The first kappa shape index (κ1) is 13.3. The number of rotatable bonds is 6. The van der Waals surface area contributed by atoms with Gasteiger partial charge in [-0.1, -0.05) is 6.08 Å². The summed E-state index contributed by atoms with van der Waals surface area (Å²) < 4.78 is 37.7. The van der Waals surface area contributed by atoms with Gasteiger partial charge in [-0.15, -0.1) is 6.58 Å². The molecule has 0 aromatic heterocycles. The first-order chi connectivity index (χ1) is 7.32. The van der Waals surface area contributed by atoms with E-state index in [1.54, 1.807) is 0 Å². The monoisotopic (exact) mass is 234 g/mol. The van der Waals surface area contributed by atoms with E-state index in [1.165, 1.54) is 13.0 Å². The van der Waals surface area contributed by atoms with Crippen molar-refractivity contribution in [2.45, 2.75) is 45.2 Å². The van der Waals surface area contributed by atoms with Gasteiger partial charge in [-0.3, -0.25) is 4.79 Å². The number of carbonyl (C=O) groups is 1. The second-order valence-corrected chi connectivity index (χ2v) is 4.64. The summed E-state index contributed by atoms with van der Waals surface area (Å²) in [4.78, 5) is 11.2. The van der Waals surface area contributed by atoms with Crippen molar-refractivity contribution in [3.63, 3.8) is 0 Å². The molecule has 1 rings (SSSR count). The molecule has 1 saturated carbocycles. The average molecular weight is 234 g/mol. The normalized spacial score (nSPS) is 20.2. The Morgan fingerprint density at radius 2 is 2.06 bits per heavy atom. The third-order valence-electron chi connectivity index (χ3n) is 3.49. The number of carbonyl (C=O) groups excluding carboxylic acids is 1. The van der Waals surface area contributed by atoms with Crippen molar-refractivity contribution in [3.8, 4) is 0 Å². The summed E-state index contributed by atoms with van der Waals surface area (Å²) >= 11 is 0. The van der Waals surface area contributed by atoms with Crippen molar-refractivity contribution in [1.29, 1.82) is 0 Å². The lowest BCUT2D eigenvalue weighted by atomic mass is 9.89. The minimum absolute atomic E-state index is 0.0343. The van der Waals surface area contributed by atoms with Gasteiger partial charge in [0.2, 0.25) is 0 Å². The first-order valence-corrected chi connectivity index (χ1v) is 5.50. The lowest BCUT2D eigenvalue weighted by Gasteiger charge is -2.21. The number of allylic oxidation sites excluding steroid dienone is 1. The molecule has 0 bridgehead atoms. The fourth-order valence-corrected chi connectivity index (χ4v) is 2.00. The van der Waals surface area contributed by atoms with Crippen LogP contribution in [-0.2, 0) is 4.79 Å². The van der Waals surface area contributed by atoms with Crippen molar-refractivity contribution in [3.05, 3.63) is 12.7 Å². The minimum Gasteiger partial charge on any atom is -0.299 e. The molecule has 0 heterocycles. The summed E-state index contributed by atoms with van der Waals surface area (Å²) in [5.74, 6) is -1.31. The van der Waals surface area contributed by atoms with E-state index >= 15 is 0 Å². The van der Waals surface area contributed by atoms with Gasteiger partial charge in [0.05, 0.1) is 5.92 Å². The molecule has 1 aliphatic rings. The van der Waals surface area contributed by atoms with E-state index in [2.05, 4.69) is 6.58 Å². The van der Waals surface area contributed by atoms with E-state index in [0.29, 0.717) is 6.42 Å². The molecule has 0 amide bonds. The summed E-state index contributed by atoms with van der Waals surface area (Å²) in [7, 11) is 0. The second kappa shape index (κ2) is 4.60. The quantitative estimate of drug-likeness (QED) is 0.637. The molecule has 0 saturated heterocycles. The van der Waals surface area contributed by atoms with Crippen LogP contribution >= 0.6 is 0 Å². The van der Waals surface area contributed by atoms with Crippen LogP contribution in [0.5, 0.6) is 0 Å². The van der Waals surface area contributed by atoms with Crippen LogP contribution in [0.1, 0.15) is 39.0 Å². The highest BCUT2D eigenvalue weighted by molar-refractivity contribution is 5.84. The van der Waals surface area contributed by atoms with Gasteiger partial charge in [0.15, 0.2) is 0 Å². The third kappa shape index (κ3) is 3.09. The molecule has 0 radical (unpaired) electrons. The van der Waals surface area contributed by atoms with Crippen LogP contribution < -0.4 is 0 Å². The molecular formula is C12H17F3O. The second-order valence-electron chi connectivity index (χ2n) is 4.64. The molecule has 1 nitrogen and oxygen atoms in total. The van der Waals surface area contributed by atoms with Gasteiger partial charge in [0.1, 0.15) is 5.78 Å². The highest BCUT2D eigenvalue weighted by Crippen LogP contribution is 2.52. The van der Waals surface area contributed by atoms with E-state index in [1.807, 2.05) is 0 Å². The molecule has 0 spiro atoms. The summed E-state index contributed by atoms with van der Waals surface area (Å²) in [6.07, 6.45) is -1.04. The van der Waals surface area contributed by atoms with Crippen LogP contribution in [-0.4, -0.2) is 12.0 Å². The molecule has 16 heavy (non-hydrogen) atoms. The molecule has 1 atom stereocenters. The van der Waals surface area contributed by atoms with Crippen LogP contribution in [0.3, 0.4) is 0 Å². The van der Waals surface area contributed by atoms with E-state index < -0.39 is 17.5 Å². The number of hydrogen-bond acceptors (Lipinski definition) is 1. The van der Waals surface area contributed by atoms with Crippen LogP contribution in [0.25, 0.3) is 0 Å². The smallest absolute Gasteiger partial charge is 0.299 e. The largest absolute Gasteiger partial charge is 0.392 e. The zero-order valence-corrected chi connectivity index (χ0v) is 9.44. The summed E-state index contributed by atoms with van der Waals surface area (Å²) in [6, 6.07) is 0. The molecule has 92 valence electrons. The molecule has 4 heteroatoms. The predicted octanol–water partition coefficient (Wildman–Crippen LogP) is 3.89. The number of ketones is 1.